The highest BCUT2D eigenvalue weighted by Crippen LogP contribution is 2.19. The van der Waals surface area contributed by atoms with E-state index in [1.165, 1.54) is 35.2 Å². The molecule has 7 heteroatoms. The number of carbonyl (C=O) groups is 1. The Morgan fingerprint density at radius 2 is 2.00 bits per heavy atom. The predicted molar refractivity (Wildman–Crippen MR) is 103 cm³/mol. The zero-order valence-electron chi connectivity index (χ0n) is 15.6. The second kappa shape index (κ2) is 8.81. The normalized spacial score (nSPS) is 17.6. The Balaban J connectivity index is 1.59. The molecular weight excluding hydrogens is 344 g/mol. The predicted octanol–water partition coefficient (Wildman–Crippen LogP) is 1.08. The maximum Gasteiger partial charge on any atom is 0.328 e. The summed E-state index contributed by atoms with van der Waals surface area (Å²) in [7, 11) is 0. The number of hydrogen-bond donors (Lipinski definition) is 2. The van der Waals surface area contributed by atoms with Crippen LogP contribution in [0.25, 0.3) is 0 Å². The molecule has 7 nitrogen and oxygen atoms in total. The van der Waals surface area contributed by atoms with E-state index in [0.717, 1.165) is 31.1 Å². The molecule has 0 bridgehead atoms. The number of piperidine rings is 1. The number of rotatable bonds is 6. The van der Waals surface area contributed by atoms with Crippen LogP contribution in [0.15, 0.2) is 46.1 Å². The number of aromatic amines is 1. The highest BCUT2D eigenvalue weighted by Gasteiger charge is 2.17. The van der Waals surface area contributed by atoms with Crippen LogP contribution in [0.4, 0.5) is 0 Å². The largest absolute Gasteiger partial charge is 0.350 e. The minimum Gasteiger partial charge on any atom is -0.350 e. The van der Waals surface area contributed by atoms with Crippen LogP contribution in [-0.2, 0) is 24.4 Å². The van der Waals surface area contributed by atoms with E-state index in [9.17, 15) is 14.4 Å². The Morgan fingerprint density at radius 1 is 1.22 bits per heavy atom. The molecule has 1 saturated heterocycles. The first-order valence-electron chi connectivity index (χ1n) is 9.37. The van der Waals surface area contributed by atoms with Crippen molar-refractivity contribution in [2.24, 2.45) is 5.92 Å². The lowest BCUT2D eigenvalue weighted by atomic mass is 9.99. The molecule has 2 aromatic rings. The highest BCUT2D eigenvalue weighted by molar-refractivity contribution is 5.75. The first-order chi connectivity index (χ1) is 13.0. The van der Waals surface area contributed by atoms with Crippen molar-refractivity contribution in [1.29, 1.82) is 0 Å². The average molecular weight is 370 g/mol. The number of hydrogen-bond acceptors (Lipinski definition) is 4. The van der Waals surface area contributed by atoms with Crippen LogP contribution >= 0.6 is 0 Å². The molecule has 1 aliphatic rings. The van der Waals surface area contributed by atoms with E-state index in [2.05, 4.69) is 28.2 Å². The van der Waals surface area contributed by atoms with Crippen molar-refractivity contribution in [2.75, 3.05) is 13.1 Å². The Hall–Kier alpha value is -2.67. The van der Waals surface area contributed by atoms with Crippen molar-refractivity contribution < 1.29 is 4.79 Å². The molecule has 1 aromatic carbocycles. The fourth-order valence-electron chi connectivity index (χ4n) is 3.53. The first-order valence-corrected chi connectivity index (χ1v) is 9.37. The number of H-pyrrole nitrogens is 1. The molecule has 27 heavy (non-hydrogen) atoms. The molecule has 3 rings (SSSR count). The SMILES string of the molecule is CC1CCCN(Cc2ccccc2CNC(=O)Cn2ccc(=O)[nH]c2=O)C1. The molecule has 1 aliphatic heterocycles. The molecule has 2 N–H and O–H groups in total. The molecule has 144 valence electrons. The van der Waals surface area contributed by atoms with Gasteiger partial charge in [0.25, 0.3) is 5.56 Å². The van der Waals surface area contributed by atoms with Gasteiger partial charge >= 0.3 is 5.69 Å². The van der Waals surface area contributed by atoms with Gasteiger partial charge in [0.1, 0.15) is 6.54 Å². The van der Waals surface area contributed by atoms with Crippen LogP contribution in [0, 0.1) is 5.92 Å². The van der Waals surface area contributed by atoms with Crippen molar-refractivity contribution >= 4 is 5.91 Å². The van der Waals surface area contributed by atoms with E-state index in [4.69, 9.17) is 0 Å². The molecule has 0 aliphatic carbocycles. The highest BCUT2D eigenvalue weighted by atomic mass is 16.2. The van der Waals surface area contributed by atoms with Gasteiger partial charge in [0.2, 0.25) is 5.91 Å². The second-order valence-corrected chi connectivity index (χ2v) is 7.27. The zero-order chi connectivity index (χ0) is 19.2. The van der Waals surface area contributed by atoms with E-state index in [1.807, 2.05) is 18.2 Å². The van der Waals surface area contributed by atoms with Gasteiger partial charge in [-0.1, -0.05) is 31.2 Å². The second-order valence-electron chi connectivity index (χ2n) is 7.27. The Labute approximate surface area is 158 Å². The van der Waals surface area contributed by atoms with Crippen molar-refractivity contribution in [1.82, 2.24) is 19.8 Å². The summed E-state index contributed by atoms with van der Waals surface area (Å²) in [5.41, 5.74) is 1.24. The Morgan fingerprint density at radius 3 is 2.74 bits per heavy atom. The lowest BCUT2D eigenvalue weighted by Crippen LogP contribution is -2.36. The maximum atomic E-state index is 12.2. The van der Waals surface area contributed by atoms with Gasteiger partial charge in [-0.2, -0.15) is 0 Å². The lowest BCUT2D eigenvalue weighted by molar-refractivity contribution is -0.121. The third-order valence-electron chi connectivity index (χ3n) is 4.94. The molecule has 1 amide bonds. The summed E-state index contributed by atoms with van der Waals surface area (Å²) in [6, 6.07) is 9.34. The maximum absolute atomic E-state index is 12.2. The molecule has 0 radical (unpaired) electrons. The van der Waals surface area contributed by atoms with E-state index in [1.54, 1.807) is 0 Å². The standard InChI is InChI=1S/C20H26N4O3/c1-15-5-4-9-23(12-15)13-17-7-3-2-6-16(17)11-21-19(26)14-24-10-8-18(25)22-20(24)27/h2-3,6-8,10,15H,4-5,9,11-14H2,1H3,(H,21,26)(H,22,25,27). The van der Waals surface area contributed by atoms with Gasteiger partial charge in [-0.25, -0.2) is 4.79 Å². The van der Waals surface area contributed by atoms with Gasteiger partial charge in [0.05, 0.1) is 0 Å². The summed E-state index contributed by atoms with van der Waals surface area (Å²) in [5, 5.41) is 2.87. The summed E-state index contributed by atoms with van der Waals surface area (Å²) in [4.78, 5) is 39.6. The van der Waals surface area contributed by atoms with Crippen LogP contribution in [0.3, 0.4) is 0 Å². The van der Waals surface area contributed by atoms with Crippen molar-refractivity contribution in [3.63, 3.8) is 0 Å². The average Bonchev–Trinajstić information content (AvgIpc) is 2.63. The first kappa shape index (κ1) is 19.1. The summed E-state index contributed by atoms with van der Waals surface area (Å²) in [6.45, 7) is 5.68. The molecule has 1 atom stereocenters. The molecule has 1 aromatic heterocycles. The quantitative estimate of drug-likeness (QED) is 0.797. The third-order valence-corrected chi connectivity index (χ3v) is 4.94. The van der Waals surface area contributed by atoms with Crippen LogP contribution in [0.1, 0.15) is 30.9 Å². The van der Waals surface area contributed by atoms with Gasteiger partial charge in [0, 0.05) is 31.9 Å². The zero-order valence-corrected chi connectivity index (χ0v) is 15.6. The number of nitrogens with one attached hydrogen (secondary N) is 2. The van der Waals surface area contributed by atoms with Gasteiger partial charge < -0.3 is 5.32 Å². The Kier molecular flexibility index (Phi) is 6.24. The van der Waals surface area contributed by atoms with Crippen molar-refractivity contribution in [2.45, 2.75) is 39.4 Å². The number of carbonyl (C=O) groups excluding carboxylic acids is 1. The number of amides is 1. The molecule has 2 heterocycles. The lowest BCUT2D eigenvalue weighted by Gasteiger charge is -2.31. The fourth-order valence-corrected chi connectivity index (χ4v) is 3.53. The summed E-state index contributed by atoms with van der Waals surface area (Å²) < 4.78 is 1.18. The topological polar surface area (TPSA) is 87.2 Å². The summed E-state index contributed by atoms with van der Waals surface area (Å²) >= 11 is 0. The van der Waals surface area contributed by atoms with Gasteiger partial charge in [-0.15, -0.1) is 0 Å². The van der Waals surface area contributed by atoms with E-state index in [0.29, 0.717) is 6.54 Å². The van der Waals surface area contributed by atoms with E-state index < -0.39 is 11.2 Å². The van der Waals surface area contributed by atoms with Gasteiger partial charge in [-0.3, -0.25) is 24.0 Å². The van der Waals surface area contributed by atoms with E-state index in [-0.39, 0.29) is 12.5 Å². The smallest absolute Gasteiger partial charge is 0.328 e. The minimum atomic E-state index is -0.586. The van der Waals surface area contributed by atoms with Crippen LogP contribution in [0.5, 0.6) is 0 Å². The molecule has 0 saturated carbocycles. The molecule has 0 spiro atoms. The van der Waals surface area contributed by atoms with Gasteiger partial charge in [-0.05, 0) is 36.4 Å². The van der Waals surface area contributed by atoms with Crippen LogP contribution in [0.2, 0.25) is 0 Å². The molecular formula is C20H26N4O3. The molecule has 1 fully saturated rings. The summed E-state index contributed by atoms with van der Waals surface area (Å²) in [5.74, 6) is 0.451. The molecule has 1 unspecified atom stereocenters. The van der Waals surface area contributed by atoms with Crippen molar-refractivity contribution in [3.8, 4) is 0 Å². The van der Waals surface area contributed by atoms with Crippen LogP contribution in [-0.4, -0.2) is 33.4 Å². The van der Waals surface area contributed by atoms with E-state index >= 15 is 0 Å². The number of aromatic nitrogens is 2. The monoisotopic (exact) mass is 370 g/mol. The minimum absolute atomic E-state index is 0.124. The van der Waals surface area contributed by atoms with Crippen LogP contribution < -0.4 is 16.6 Å². The number of benzene rings is 1. The number of nitrogens with zero attached hydrogens (tertiary/aromatic N) is 2. The summed E-state index contributed by atoms with van der Waals surface area (Å²) in [6.07, 6.45) is 3.85. The third kappa shape index (κ3) is 5.40. The Bertz CT molecular complexity index is 902. The van der Waals surface area contributed by atoms with Gasteiger partial charge in [0.15, 0.2) is 0 Å². The number of likely N-dealkylation sites (tertiary alicyclic amines) is 1. The fraction of sp³-hybridized carbons (Fsp3) is 0.450. The van der Waals surface area contributed by atoms with Crippen molar-refractivity contribution in [3.05, 3.63) is 68.5 Å².